The summed E-state index contributed by atoms with van der Waals surface area (Å²) >= 11 is 1.64. The van der Waals surface area contributed by atoms with Crippen LogP contribution in [0.1, 0.15) is 49.4 Å². The van der Waals surface area contributed by atoms with E-state index in [1.807, 2.05) is 19.1 Å². The Bertz CT molecular complexity index is 1270. The van der Waals surface area contributed by atoms with Gasteiger partial charge in [0.05, 0.1) is 12.2 Å². The van der Waals surface area contributed by atoms with Crippen LogP contribution in [0.3, 0.4) is 0 Å². The molecule has 1 saturated carbocycles. The fourth-order valence-electron chi connectivity index (χ4n) is 6.78. The Kier molecular flexibility index (Phi) is 8.90. The van der Waals surface area contributed by atoms with Crippen molar-refractivity contribution < 1.29 is 23.9 Å². The van der Waals surface area contributed by atoms with Crippen LogP contribution < -0.4 is 10.2 Å². The number of piperazine rings is 1. The molecular weight excluding hydrogens is 554 g/mol. The molecule has 0 unspecified atom stereocenters. The third-order valence-corrected chi connectivity index (χ3v) is 10.1. The van der Waals surface area contributed by atoms with E-state index in [-0.39, 0.29) is 36.2 Å². The summed E-state index contributed by atoms with van der Waals surface area (Å²) in [4.78, 5) is 51.5. The third kappa shape index (κ3) is 5.97. The summed E-state index contributed by atoms with van der Waals surface area (Å²) in [6, 6.07) is 6.09. The van der Waals surface area contributed by atoms with Gasteiger partial charge in [0.1, 0.15) is 30.9 Å². The van der Waals surface area contributed by atoms with Crippen molar-refractivity contribution in [3.05, 3.63) is 35.2 Å². The number of aromatic nitrogens is 1. The summed E-state index contributed by atoms with van der Waals surface area (Å²) in [5.41, 5.74) is 2.34. The molecule has 2 amide bonds. The fraction of sp³-hybridized carbons (Fsp3) is 0.613. The van der Waals surface area contributed by atoms with E-state index in [0.29, 0.717) is 18.7 Å². The average Bonchev–Trinajstić information content (AvgIpc) is 3.75. The molecule has 0 radical (unpaired) electrons. The highest BCUT2D eigenvalue weighted by molar-refractivity contribution is 7.14. The van der Waals surface area contributed by atoms with Crippen LogP contribution in [0.2, 0.25) is 0 Å². The summed E-state index contributed by atoms with van der Waals surface area (Å²) < 4.78 is 11.6. The second kappa shape index (κ2) is 12.8. The van der Waals surface area contributed by atoms with Crippen LogP contribution in [0.25, 0.3) is 11.3 Å². The van der Waals surface area contributed by atoms with Gasteiger partial charge in [0.15, 0.2) is 10.9 Å². The number of benzene rings is 1. The van der Waals surface area contributed by atoms with E-state index in [4.69, 9.17) is 14.5 Å². The molecule has 0 bridgehead atoms. The van der Waals surface area contributed by atoms with E-state index in [1.165, 1.54) is 0 Å². The number of carbonyl (C=O) groups is 3. The van der Waals surface area contributed by atoms with Crippen LogP contribution in [-0.4, -0.2) is 110 Å². The van der Waals surface area contributed by atoms with E-state index in [1.54, 1.807) is 28.4 Å². The van der Waals surface area contributed by atoms with Gasteiger partial charge in [-0.2, -0.15) is 0 Å². The van der Waals surface area contributed by atoms with Gasteiger partial charge in [-0.05, 0) is 44.9 Å². The van der Waals surface area contributed by atoms with Crippen molar-refractivity contribution in [2.45, 2.75) is 63.3 Å². The van der Waals surface area contributed by atoms with Crippen molar-refractivity contribution in [1.82, 2.24) is 20.1 Å². The minimum Gasteiger partial charge on any atom is -0.374 e. The number of hydrogen-bond acceptors (Lipinski definition) is 9. The first-order chi connectivity index (χ1) is 20.4. The largest absolute Gasteiger partial charge is 0.374 e. The van der Waals surface area contributed by atoms with Crippen molar-refractivity contribution >= 4 is 34.1 Å². The number of rotatable bonds is 8. The van der Waals surface area contributed by atoms with Crippen molar-refractivity contribution in [3.8, 4) is 11.3 Å². The number of amides is 2. The molecule has 2 aromatic rings. The number of nitrogens with one attached hydrogen (secondary N) is 1. The van der Waals surface area contributed by atoms with E-state index < -0.39 is 18.2 Å². The molecule has 4 atom stereocenters. The minimum absolute atomic E-state index is 0.00859. The lowest BCUT2D eigenvalue weighted by molar-refractivity contribution is -0.139. The number of carbonyl (C=O) groups excluding carboxylic acids is 3. The first kappa shape index (κ1) is 29.2. The van der Waals surface area contributed by atoms with Crippen molar-refractivity contribution in [3.63, 3.8) is 0 Å². The van der Waals surface area contributed by atoms with E-state index in [2.05, 4.69) is 27.5 Å². The molecule has 1 aromatic carbocycles. The molecule has 4 fully saturated rings. The number of anilines is 1. The second-order valence-corrected chi connectivity index (χ2v) is 12.7. The van der Waals surface area contributed by atoms with Crippen LogP contribution in [-0.2, 0) is 19.1 Å². The smallest absolute Gasteiger partial charge is 0.251 e. The molecule has 1 aliphatic carbocycles. The van der Waals surface area contributed by atoms with Gasteiger partial charge in [-0.15, -0.1) is 11.3 Å². The maximum atomic E-state index is 14.1. The number of ether oxygens (including phenoxy) is 2. The topological polar surface area (TPSA) is 104 Å². The number of likely N-dealkylation sites (tertiary alicyclic amines) is 1. The lowest BCUT2D eigenvalue weighted by atomic mass is 9.83. The van der Waals surface area contributed by atoms with Crippen LogP contribution in [0.4, 0.5) is 5.13 Å². The molecule has 11 heteroatoms. The number of Topliss-reactive ketones (excluding diaryl/α,β-unsaturated/α-hetero) is 1. The number of fused-ring (bicyclic) bond motifs is 1. The molecule has 4 heterocycles. The van der Waals surface area contributed by atoms with Gasteiger partial charge >= 0.3 is 0 Å². The van der Waals surface area contributed by atoms with Crippen LogP contribution in [0.5, 0.6) is 0 Å². The van der Waals surface area contributed by atoms with Crippen LogP contribution in [0.15, 0.2) is 29.6 Å². The SMILES string of the molecule is CCO[C@H]1CN(C(=O)[C@@H](NC(=O)c2ccc(-c3csc(N4CCN(C)CC4)n3)cc2)C2CCCCC2)[C@@H]2C(=O)CO[C@@H]12. The predicted molar refractivity (Wildman–Crippen MR) is 161 cm³/mol. The Morgan fingerprint density at radius 3 is 2.57 bits per heavy atom. The number of hydrogen-bond donors (Lipinski definition) is 1. The Morgan fingerprint density at radius 1 is 1.12 bits per heavy atom. The minimum atomic E-state index is -0.698. The van der Waals surface area contributed by atoms with Gasteiger partial charge in [-0.1, -0.05) is 31.4 Å². The first-order valence-electron chi connectivity index (χ1n) is 15.3. The van der Waals surface area contributed by atoms with Gasteiger partial charge in [0, 0.05) is 49.3 Å². The van der Waals surface area contributed by atoms with Crippen molar-refractivity contribution in [2.75, 3.05) is 57.9 Å². The molecule has 4 aliphatic rings. The highest BCUT2D eigenvalue weighted by Crippen LogP contribution is 2.34. The Labute approximate surface area is 251 Å². The lowest BCUT2D eigenvalue weighted by Crippen LogP contribution is -2.55. The standard InChI is InChI=1S/C31H41N5O5S/c1-3-40-25-17-36(27-24(37)18-41-28(25)27)30(39)26(21-7-5-4-6-8-21)33-29(38)22-11-9-20(10-12-22)23-19-42-31(32-23)35-15-13-34(2)14-16-35/h9-12,19,21,25-28H,3-8,13-18H2,1-2H3,(H,33,38)/t25-,26-,27+,28-/m0/s1. The molecule has 226 valence electrons. The van der Waals surface area contributed by atoms with E-state index in [9.17, 15) is 14.4 Å². The quantitative estimate of drug-likeness (QED) is 0.497. The molecule has 1 aromatic heterocycles. The highest BCUT2D eigenvalue weighted by Gasteiger charge is 2.54. The maximum Gasteiger partial charge on any atom is 0.251 e. The molecule has 3 saturated heterocycles. The van der Waals surface area contributed by atoms with Crippen LogP contribution >= 0.6 is 11.3 Å². The summed E-state index contributed by atoms with van der Waals surface area (Å²) in [5, 5.41) is 6.17. The Balaban J connectivity index is 1.16. The number of likely N-dealkylation sites (N-methyl/N-ethyl adjacent to an activating group) is 1. The second-order valence-electron chi connectivity index (χ2n) is 11.9. The van der Waals surface area contributed by atoms with Crippen LogP contribution in [0, 0.1) is 5.92 Å². The molecule has 3 aliphatic heterocycles. The monoisotopic (exact) mass is 595 g/mol. The molecule has 6 rings (SSSR count). The molecule has 0 spiro atoms. The molecular formula is C31H41N5O5S. The Hall–Kier alpha value is -2.86. The Morgan fingerprint density at radius 2 is 1.86 bits per heavy atom. The zero-order chi connectivity index (χ0) is 29.2. The highest BCUT2D eigenvalue weighted by atomic mass is 32.1. The lowest BCUT2D eigenvalue weighted by Gasteiger charge is -2.34. The predicted octanol–water partition coefficient (Wildman–Crippen LogP) is 2.82. The van der Waals surface area contributed by atoms with Gasteiger partial charge in [-0.3, -0.25) is 14.4 Å². The fourth-order valence-corrected chi connectivity index (χ4v) is 7.67. The zero-order valence-electron chi connectivity index (χ0n) is 24.5. The van der Waals surface area contributed by atoms with Gasteiger partial charge < -0.3 is 29.5 Å². The summed E-state index contributed by atoms with van der Waals surface area (Å²) in [6.07, 6.45) is 4.14. The maximum absolute atomic E-state index is 14.1. The van der Waals surface area contributed by atoms with Gasteiger partial charge in [-0.25, -0.2) is 4.98 Å². The molecule has 10 nitrogen and oxygen atoms in total. The van der Waals surface area contributed by atoms with E-state index >= 15 is 0 Å². The van der Waals surface area contributed by atoms with Crippen molar-refractivity contribution in [1.29, 1.82) is 0 Å². The summed E-state index contributed by atoms with van der Waals surface area (Å²) in [5.74, 6) is -0.563. The van der Waals surface area contributed by atoms with Gasteiger partial charge in [0.2, 0.25) is 5.91 Å². The average molecular weight is 596 g/mol. The molecule has 1 N–H and O–H groups in total. The number of thiazole rings is 1. The number of ketones is 1. The third-order valence-electron chi connectivity index (χ3n) is 9.18. The summed E-state index contributed by atoms with van der Waals surface area (Å²) in [6.45, 7) is 6.65. The number of nitrogens with zero attached hydrogens (tertiary/aromatic N) is 4. The summed E-state index contributed by atoms with van der Waals surface area (Å²) in [7, 11) is 2.14. The van der Waals surface area contributed by atoms with E-state index in [0.717, 1.165) is 74.7 Å². The zero-order valence-corrected chi connectivity index (χ0v) is 25.3. The first-order valence-corrected chi connectivity index (χ1v) is 16.2. The normalized spacial score (nSPS) is 26.0. The van der Waals surface area contributed by atoms with Crippen molar-refractivity contribution in [2.24, 2.45) is 5.92 Å². The van der Waals surface area contributed by atoms with Gasteiger partial charge in [0.25, 0.3) is 5.91 Å². The molecule has 42 heavy (non-hydrogen) atoms.